The van der Waals surface area contributed by atoms with Crippen molar-refractivity contribution in [2.45, 2.75) is 6.54 Å². The minimum atomic E-state index is -0.00729. The molecular formula is C11H10ClN5Se. The maximum atomic E-state index is 5.95. The Morgan fingerprint density at radius 2 is 2.28 bits per heavy atom. The van der Waals surface area contributed by atoms with Gasteiger partial charge in [0.05, 0.1) is 0 Å². The van der Waals surface area contributed by atoms with Crippen molar-refractivity contribution in [1.29, 1.82) is 0 Å². The van der Waals surface area contributed by atoms with Gasteiger partial charge in [0.15, 0.2) is 0 Å². The average molecular weight is 327 g/mol. The van der Waals surface area contributed by atoms with Crippen LogP contribution in [-0.4, -0.2) is 24.1 Å². The molecule has 1 aromatic heterocycles. The van der Waals surface area contributed by atoms with E-state index in [9.17, 15) is 0 Å². The summed E-state index contributed by atoms with van der Waals surface area (Å²) < 4.78 is 10.6. The van der Waals surface area contributed by atoms with Crippen LogP contribution in [0.2, 0.25) is 5.15 Å². The van der Waals surface area contributed by atoms with E-state index in [1.807, 2.05) is 29.8 Å². The summed E-state index contributed by atoms with van der Waals surface area (Å²) in [5.74, 6) is 0.887. The third-order valence-corrected chi connectivity index (χ3v) is 4.24. The summed E-state index contributed by atoms with van der Waals surface area (Å²) in [6.07, 6.45) is 1.65. The summed E-state index contributed by atoms with van der Waals surface area (Å²) in [5.41, 5.74) is 2.92. The molecule has 2 heterocycles. The van der Waals surface area contributed by atoms with E-state index in [4.69, 9.17) is 11.6 Å². The fraction of sp³-hybridized carbons (Fsp3) is 0.182. The Hall–Kier alpha value is -1.36. The first-order valence-corrected chi connectivity index (χ1v) is 7.28. The number of rotatable bonds is 3. The Bertz CT molecular complexity index is 672. The molecule has 7 heteroatoms. The van der Waals surface area contributed by atoms with Gasteiger partial charge in [-0.25, -0.2) is 0 Å². The van der Waals surface area contributed by atoms with Crippen LogP contribution >= 0.6 is 11.6 Å². The molecule has 1 aliphatic rings. The van der Waals surface area contributed by atoms with Crippen molar-refractivity contribution in [3.8, 4) is 0 Å². The van der Waals surface area contributed by atoms with Crippen molar-refractivity contribution >= 4 is 43.2 Å². The zero-order chi connectivity index (χ0) is 12.5. The number of imidazole rings is 1. The van der Waals surface area contributed by atoms with Gasteiger partial charge < -0.3 is 0 Å². The molecule has 0 aliphatic carbocycles. The van der Waals surface area contributed by atoms with Crippen molar-refractivity contribution in [2.24, 2.45) is 15.0 Å². The minimum absolute atomic E-state index is 0.00729. The number of halogens is 1. The van der Waals surface area contributed by atoms with E-state index in [2.05, 4.69) is 18.2 Å². The number of nitrogens with zero attached hydrogens (tertiary/aromatic N) is 4. The van der Waals surface area contributed by atoms with Crippen LogP contribution in [0.3, 0.4) is 0 Å². The third kappa shape index (κ3) is 2.03. The second-order valence-corrected chi connectivity index (χ2v) is 5.34. The number of hydrogen-bond acceptors (Lipinski definition) is 4. The van der Waals surface area contributed by atoms with Crippen molar-refractivity contribution < 1.29 is 0 Å². The summed E-state index contributed by atoms with van der Waals surface area (Å²) in [6.45, 7) is 0.613. The van der Waals surface area contributed by atoms with Crippen LogP contribution in [0.4, 0.5) is 17.1 Å². The van der Waals surface area contributed by atoms with E-state index in [0.29, 0.717) is 11.7 Å². The van der Waals surface area contributed by atoms with Gasteiger partial charge in [0, 0.05) is 0 Å². The van der Waals surface area contributed by atoms with Crippen LogP contribution in [0.15, 0.2) is 32.3 Å². The molecule has 0 radical (unpaired) electrons. The first kappa shape index (κ1) is 11.7. The molecule has 2 aromatic rings. The van der Waals surface area contributed by atoms with Crippen LogP contribution in [0.25, 0.3) is 0 Å². The molecule has 0 atom stereocenters. The summed E-state index contributed by atoms with van der Waals surface area (Å²) in [7, 11) is 1.89. The van der Waals surface area contributed by atoms with E-state index in [1.165, 1.54) is 0 Å². The van der Waals surface area contributed by atoms with Crippen molar-refractivity contribution in [3.63, 3.8) is 0 Å². The number of aromatic nitrogens is 2. The summed E-state index contributed by atoms with van der Waals surface area (Å²) in [5, 5.41) is 3.96. The Balaban J connectivity index is 1.81. The first-order chi connectivity index (χ1) is 8.75. The predicted octanol–water partition coefficient (Wildman–Crippen LogP) is 3.03. The van der Waals surface area contributed by atoms with Crippen LogP contribution < -0.4 is 5.32 Å². The number of hydrogen-bond donors (Lipinski definition) is 1. The van der Waals surface area contributed by atoms with Gasteiger partial charge in [0.2, 0.25) is 0 Å². The number of fused-ring (bicyclic) bond motifs is 1. The molecule has 1 aliphatic heterocycles. The Morgan fingerprint density at radius 3 is 3.06 bits per heavy atom. The quantitative estimate of drug-likeness (QED) is 0.752. The van der Waals surface area contributed by atoms with E-state index in [-0.39, 0.29) is 14.6 Å². The van der Waals surface area contributed by atoms with E-state index < -0.39 is 0 Å². The third-order valence-electron chi connectivity index (χ3n) is 2.75. The maximum absolute atomic E-state index is 5.95. The normalized spacial score (nSPS) is 12.3. The van der Waals surface area contributed by atoms with Gasteiger partial charge in [-0.15, -0.1) is 0 Å². The number of benzene rings is 1. The first-order valence-electron chi connectivity index (χ1n) is 5.37. The van der Waals surface area contributed by atoms with Gasteiger partial charge >= 0.3 is 115 Å². The van der Waals surface area contributed by atoms with Gasteiger partial charge in [0.1, 0.15) is 0 Å². The van der Waals surface area contributed by atoms with Crippen LogP contribution in [-0.2, 0) is 13.6 Å². The standard InChI is InChI=1S/C11H10ClN5Se/c1-17-9(12)5-14-10(17)6-13-7-3-2-4-8-11(7)16-18-15-8/h2-5,13H,6H2,1H3. The summed E-state index contributed by atoms with van der Waals surface area (Å²) in [6, 6.07) is 5.97. The van der Waals surface area contributed by atoms with E-state index in [0.717, 1.165) is 22.9 Å². The molecule has 0 amide bonds. The second kappa shape index (κ2) is 4.72. The molecule has 92 valence electrons. The average Bonchev–Trinajstić information content (AvgIpc) is 2.97. The molecule has 5 nitrogen and oxygen atoms in total. The Kier molecular flexibility index (Phi) is 3.07. The van der Waals surface area contributed by atoms with Gasteiger partial charge in [-0.1, -0.05) is 0 Å². The molecule has 0 unspecified atom stereocenters. The zero-order valence-electron chi connectivity index (χ0n) is 9.59. The monoisotopic (exact) mass is 327 g/mol. The fourth-order valence-corrected chi connectivity index (χ4v) is 3.01. The van der Waals surface area contributed by atoms with Gasteiger partial charge in [0.25, 0.3) is 0 Å². The molecular weight excluding hydrogens is 317 g/mol. The van der Waals surface area contributed by atoms with Crippen LogP contribution in [0.1, 0.15) is 5.82 Å². The van der Waals surface area contributed by atoms with Gasteiger partial charge in [-0.05, 0) is 0 Å². The predicted molar refractivity (Wildman–Crippen MR) is 71.9 cm³/mol. The Labute approximate surface area is 115 Å². The van der Waals surface area contributed by atoms with Crippen molar-refractivity contribution in [1.82, 2.24) is 9.55 Å². The molecule has 3 rings (SSSR count). The number of anilines is 1. The van der Waals surface area contributed by atoms with Crippen LogP contribution in [0, 0.1) is 0 Å². The summed E-state index contributed by atoms with van der Waals surface area (Å²) in [4.78, 5) is 4.24. The zero-order valence-corrected chi connectivity index (χ0v) is 12.1. The fourth-order valence-electron chi connectivity index (χ4n) is 1.71. The van der Waals surface area contributed by atoms with Gasteiger partial charge in [-0.3, -0.25) is 0 Å². The van der Waals surface area contributed by atoms with Crippen LogP contribution in [0.5, 0.6) is 0 Å². The molecule has 18 heavy (non-hydrogen) atoms. The van der Waals surface area contributed by atoms with Crippen molar-refractivity contribution in [2.75, 3.05) is 5.32 Å². The number of nitrogens with one attached hydrogen (secondary N) is 1. The van der Waals surface area contributed by atoms with Gasteiger partial charge in [-0.2, -0.15) is 0 Å². The Morgan fingerprint density at radius 1 is 1.39 bits per heavy atom. The molecule has 0 fully saturated rings. The molecule has 1 aromatic carbocycles. The topological polar surface area (TPSA) is 54.6 Å². The molecule has 1 N–H and O–H groups in total. The van der Waals surface area contributed by atoms with E-state index >= 15 is 0 Å². The molecule has 0 saturated carbocycles. The molecule has 0 spiro atoms. The summed E-state index contributed by atoms with van der Waals surface area (Å²) >= 11 is 5.94. The second-order valence-electron chi connectivity index (χ2n) is 3.85. The molecule has 0 bridgehead atoms. The molecule has 0 saturated heterocycles. The SMILES string of the molecule is Cn1c(Cl)cnc1CNc1cccc2c1N=[Se]=N2. The van der Waals surface area contributed by atoms with E-state index in [1.54, 1.807) is 6.20 Å². The van der Waals surface area contributed by atoms with Crippen molar-refractivity contribution in [3.05, 3.63) is 35.4 Å².